The fraction of sp³-hybridized carbons (Fsp3) is 0.286. The molecule has 0 unspecified atom stereocenters. The molecule has 1 heterocycles. The summed E-state index contributed by atoms with van der Waals surface area (Å²) in [7, 11) is 0. The molecule has 0 radical (unpaired) electrons. The summed E-state index contributed by atoms with van der Waals surface area (Å²) in [4.78, 5) is 13.2. The monoisotopic (exact) mass is 348 g/mol. The van der Waals surface area contributed by atoms with E-state index >= 15 is 0 Å². The number of hydrogen-bond acceptors (Lipinski definition) is 4. The predicted molar refractivity (Wildman–Crippen MR) is 55.0 cm³/mol. The summed E-state index contributed by atoms with van der Waals surface area (Å²) in [6.07, 6.45) is -3.90. The SMILES string of the molecule is Cc1ncc(I)c(OC(F)(F)F)c1[N+](=O)[O-]. The average molecular weight is 348 g/mol. The Hall–Kier alpha value is -1.13. The first-order chi connectivity index (χ1) is 7.22. The Bertz CT molecular complexity index is 436. The van der Waals surface area contributed by atoms with Gasteiger partial charge in [-0.15, -0.1) is 13.2 Å². The fourth-order valence-corrected chi connectivity index (χ4v) is 1.48. The molecule has 9 heteroatoms. The lowest BCUT2D eigenvalue weighted by molar-refractivity contribution is -0.389. The summed E-state index contributed by atoms with van der Waals surface area (Å²) < 4.78 is 39.6. The Morgan fingerprint density at radius 3 is 2.56 bits per heavy atom. The maximum absolute atomic E-state index is 12.0. The van der Waals surface area contributed by atoms with Crippen molar-refractivity contribution >= 4 is 28.3 Å². The third kappa shape index (κ3) is 2.93. The summed E-state index contributed by atoms with van der Waals surface area (Å²) in [5, 5.41) is 10.6. The van der Waals surface area contributed by atoms with E-state index in [1.807, 2.05) is 0 Å². The van der Waals surface area contributed by atoms with E-state index in [0.717, 1.165) is 6.20 Å². The van der Waals surface area contributed by atoms with Crippen LogP contribution in [0.1, 0.15) is 5.69 Å². The van der Waals surface area contributed by atoms with Gasteiger partial charge in [-0.3, -0.25) is 15.1 Å². The molecule has 0 aliphatic carbocycles. The first kappa shape index (κ1) is 12.9. The van der Waals surface area contributed by atoms with Crippen molar-refractivity contribution in [1.82, 2.24) is 4.98 Å². The minimum Gasteiger partial charge on any atom is -0.397 e. The van der Waals surface area contributed by atoms with Crippen LogP contribution in [0, 0.1) is 20.6 Å². The van der Waals surface area contributed by atoms with Gasteiger partial charge in [0, 0.05) is 6.20 Å². The van der Waals surface area contributed by atoms with Crippen LogP contribution in [0.5, 0.6) is 5.75 Å². The summed E-state index contributed by atoms with van der Waals surface area (Å²) in [6.45, 7) is 1.23. The van der Waals surface area contributed by atoms with Crippen LogP contribution in [0.25, 0.3) is 0 Å². The topological polar surface area (TPSA) is 65.3 Å². The van der Waals surface area contributed by atoms with Gasteiger partial charge in [-0.05, 0) is 29.5 Å². The van der Waals surface area contributed by atoms with Crippen molar-refractivity contribution in [2.45, 2.75) is 13.3 Å². The van der Waals surface area contributed by atoms with E-state index in [1.54, 1.807) is 0 Å². The molecule has 0 N–H and O–H groups in total. The molecule has 1 rings (SSSR count). The highest BCUT2D eigenvalue weighted by Crippen LogP contribution is 2.37. The van der Waals surface area contributed by atoms with Gasteiger partial charge in [-0.25, -0.2) is 0 Å². The second-order valence-corrected chi connectivity index (χ2v) is 3.84. The van der Waals surface area contributed by atoms with Crippen LogP contribution in [0.3, 0.4) is 0 Å². The van der Waals surface area contributed by atoms with Gasteiger partial charge in [0.2, 0.25) is 5.75 Å². The van der Waals surface area contributed by atoms with Crippen molar-refractivity contribution in [3.63, 3.8) is 0 Å². The predicted octanol–water partition coefficient (Wildman–Crippen LogP) is 2.80. The van der Waals surface area contributed by atoms with Crippen molar-refractivity contribution in [2.75, 3.05) is 0 Å². The molecule has 0 saturated heterocycles. The number of nitrogens with zero attached hydrogens (tertiary/aromatic N) is 2. The zero-order valence-corrected chi connectivity index (χ0v) is 9.87. The number of hydrogen-bond donors (Lipinski definition) is 0. The number of alkyl halides is 3. The third-order valence-corrected chi connectivity index (χ3v) is 2.32. The number of aromatic nitrogens is 1. The largest absolute Gasteiger partial charge is 0.573 e. The van der Waals surface area contributed by atoms with Crippen LogP contribution in [0.15, 0.2) is 6.20 Å². The van der Waals surface area contributed by atoms with Gasteiger partial charge >= 0.3 is 12.0 Å². The number of halogens is 4. The van der Waals surface area contributed by atoms with E-state index < -0.39 is 22.7 Å². The number of rotatable bonds is 2. The fourth-order valence-electron chi connectivity index (χ4n) is 0.979. The summed E-state index contributed by atoms with van der Waals surface area (Å²) >= 11 is 1.48. The molecule has 0 aromatic carbocycles. The van der Waals surface area contributed by atoms with E-state index in [2.05, 4.69) is 9.72 Å². The lowest BCUT2D eigenvalue weighted by atomic mass is 10.3. The van der Waals surface area contributed by atoms with Crippen LogP contribution in [-0.4, -0.2) is 16.3 Å². The molecule has 0 aliphatic rings. The molecule has 0 aliphatic heterocycles. The van der Waals surface area contributed by atoms with Gasteiger partial charge in [-0.1, -0.05) is 0 Å². The van der Waals surface area contributed by atoms with Gasteiger partial charge in [-0.2, -0.15) is 0 Å². The molecule has 0 atom stereocenters. The van der Waals surface area contributed by atoms with Crippen molar-refractivity contribution in [2.24, 2.45) is 0 Å². The van der Waals surface area contributed by atoms with Crippen molar-refractivity contribution in [1.29, 1.82) is 0 Å². The van der Waals surface area contributed by atoms with Gasteiger partial charge in [0.15, 0.2) is 0 Å². The number of nitro groups is 1. The summed E-state index contributed by atoms with van der Waals surface area (Å²) in [5.74, 6) is -0.828. The normalized spacial score (nSPS) is 11.3. The zero-order valence-electron chi connectivity index (χ0n) is 7.71. The van der Waals surface area contributed by atoms with Crippen LogP contribution < -0.4 is 4.74 Å². The highest BCUT2D eigenvalue weighted by molar-refractivity contribution is 14.1. The van der Waals surface area contributed by atoms with E-state index in [9.17, 15) is 23.3 Å². The Balaban J connectivity index is 3.35. The first-order valence-corrected chi connectivity index (χ1v) is 4.85. The molecular formula is C7H4F3IN2O3. The Morgan fingerprint density at radius 2 is 2.12 bits per heavy atom. The van der Waals surface area contributed by atoms with E-state index in [0.29, 0.717) is 0 Å². The second kappa shape index (κ2) is 4.39. The lowest BCUT2D eigenvalue weighted by Crippen LogP contribution is -2.19. The molecule has 0 fully saturated rings. The van der Waals surface area contributed by atoms with Crippen LogP contribution in [0.4, 0.5) is 18.9 Å². The molecule has 1 aromatic rings. The molecule has 1 aromatic heterocycles. The van der Waals surface area contributed by atoms with Crippen molar-refractivity contribution in [3.8, 4) is 5.75 Å². The van der Waals surface area contributed by atoms with Gasteiger partial charge in [0.25, 0.3) is 0 Å². The number of ether oxygens (including phenoxy) is 1. The molecule has 0 bridgehead atoms. The summed E-state index contributed by atoms with van der Waals surface area (Å²) in [5.41, 5.74) is -0.908. The molecular weight excluding hydrogens is 344 g/mol. The molecule has 5 nitrogen and oxygen atoms in total. The van der Waals surface area contributed by atoms with E-state index in [4.69, 9.17) is 0 Å². The van der Waals surface area contributed by atoms with Gasteiger partial charge in [0.1, 0.15) is 5.69 Å². The maximum Gasteiger partial charge on any atom is 0.573 e. The minimum atomic E-state index is -4.97. The first-order valence-electron chi connectivity index (χ1n) is 3.77. The second-order valence-electron chi connectivity index (χ2n) is 2.67. The van der Waals surface area contributed by atoms with Gasteiger partial charge in [0.05, 0.1) is 8.49 Å². The van der Waals surface area contributed by atoms with Gasteiger partial charge < -0.3 is 4.74 Å². The highest BCUT2D eigenvalue weighted by atomic mass is 127. The quantitative estimate of drug-likeness (QED) is 0.468. The Labute approximate surface area is 101 Å². The molecule has 88 valence electrons. The third-order valence-electron chi connectivity index (χ3n) is 1.55. The number of aryl methyl sites for hydroxylation is 1. The van der Waals surface area contributed by atoms with E-state index in [1.165, 1.54) is 29.5 Å². The number of pyridine rings is 1. The Kier molecular flexibility index (Phi) is 3.55. The lowest BCUT2D eigenvalue weighted by Gasteiger charge is -2.11. The van der Waals surface area contributed by atoms with E-state index in [-0.39, 0.29) is 9.26 Å². The van der Waals surface area contributed by atoms with Crippen LogP contribution >= 0.6 is 22.6 Å². The highest BCUT2D eigenvalue weighted by Gasteiger charge is 2.36. The molecule has 0 saturated carbocycles. The zero-order chi connectivity index (χ0) is 12.5. The standard InChI is InChI=1S/C7H4F3IN2O3/c1-3-5(13(14)15)6(4(11)2-12-3)16-7(8,9)10/h2H,1H3. The Morgan fingerprint density at radius 1 is 1.56 bits per heavy atom. The van der Waals surface area contributed by atoms with Crippen molar-refractivity contribution in [3.05, 3.63) is 25.6 Å². The van der Waals surface area contributed by atoms with Crippen LogP contribution in [-0.2, 0) is 0 Å². The smallest absolute Gasteiger partial charge is 0.397 e. The molecule has 16 heavy (non-hydrogen) atoms. The van der Waals surface area contributed by atoms with Crippen molar-refractivity contribution < 1.29 is 22.8 Å². The average Bonchev–Trinajstić information content (AvgIpc) is 2.08. The summed E-state index contributed by atoms with van der Waals surface area (Å²) in [6, 6.07) is 0. The minimum absolute atomic E-state index is 0.0766. The molecule has 0 amide bonds. The molecule has 0 spiro atoms. The van der Waals surface area contributed by atoms with Crippen LogP contribution in [0.2, 0.25) is 0 Å². The maximum atomic E-state index is 12.0.